The van der Waals surface area contributed by atoms with E-state index >= 15 is 0 Å². The van der Waals surface area contributed by atoms with Crippen molar-refractivity contribution in [3.8, 4) is 11.8 Å². The van der Waals surface area contributed by atoms with Crippen molar-refractivity contribution in [2.75, 3.05) is 0 Å². The summed E-state index contributed by atoms with van der Waals surface area (Å²) >= 11 is 0. The normalized spacial score (nSPS) is 43.4. The van der Waals surface area contributed by atoms with Crippen molar-refractivity contribution in [3.63, 3.8) is 0 Å². The van der Waals surface area contributed by atoms with Crippen molar-refractivity contribution in [1.82, 2.24) is 0 Å². The Morgan fingerprint density at radius 1 is 1.38 bits per heavy atom. The maximum Gasteiger partial charge on any atom is 0.0160 e. The molecule has 0 amide bonds. The molecule has 0 bridgehead atoms. The highest BCUT2D eigenvalue weighted by Crippen LogP contribution is 2.86. The van der Waals surface area contributed by atoms with Gasteiger partial charge in [-0.3, -0.25) is 0 Å². The predicted octanol–water partition coefficient (Wildman–Crippen LogP) is 2.86. The number of hydrogen-bond acceptors (Lipinski definition) is 0. The van der Waals surface area contributed by atoms with Gasteiger partial charge in [-0.15, -0.1) is 11.8 Å². The van der Waals surface area contributed by atoms with Gasteiger partial charge in [-0.05, 0) is 36.0 Å². The van der Waals surface area contributed by atoms with E-state index in [1.54, 1.807) is 0 Å². The SMILES string of the molecule is C=C(C)C(C)C1C2C1C21CC#CC1. The Labute approximate surface area is 80.4 Å². The van der Waals surface area contributed by atoms with E-state index in [0.29, 0.717) is 5.41 Å². The standard InChI is InChI=1S/C13H16/c1-8(2)9(3)10-11-12(10)13(11)6-4-5-7-13/h9-12H,1,6-7H2,2-3H3. The van der Waals surface area contributed by atoms with Gasteiger partial charge in [0.1, 0.15) is 0 Å². The molecule has 0 aliphatic heterocycles. The monoisotopic (exact) mass is 172 g/mol. The lowest BCUT2D eigenvalue weighted by Crippen LogP contribution is -2.19. The highest BCUT2D eigenvalue weighted by molar-refractivity contribution is 5.38. The van der Waals surface area contributed by atoms with Crippen LogP contribution >= 0.6 is 0 Å². The molecular formula is C13H16. The van der Waals surface area contributed by atoms with Crippen molar-refractivity contribution in [2.45, 2.75) is 26.7 Å². The molecule has 0 heteroatoms. The van der Waals surface area contributed by atoms with Crippen molar-refractivity contribution in [1.29, 1.82) is 0 Å². The number of fused-ring (bicyclic) bond motifs is 3. The molecule has 3 aliphatic rings. The summed E-state index contributed by atoms with van der Waals surface area (Å²) in [6.45, 7) is 8.56. The van der Waals surface area contributed by atoms with Crippen molar-refractivity contribution < 1.29 is 0 Å². The fourth-order valence-electron chi connectivity index (χ4n) is 3.48. The predicted molar refractivity (Wildman–Crippen MR) is 53.9 cm³/mol. The van der Waals surface area contributed by atoms with Gasteiger partial charge in [0.2, 0.25) is 0 Å². The van der Waals surface area contributed by atoms with Gasteiger partial charge >= 0.3 is 0 Å². The molecular weight excluding hydrogens is 156 g/mol. The van der Waals surface area contributed by atoms with Crippen molar-refractivity contribution in [3.05, 3.63) is 12.2 Å². The van der Waals surface area contributed by atoms with E-state index < -0.39 is 0 Å². The van der Waals surface area contributed by atoms with Crippen LogP contribution in [-0.2, 0) is 0 Å². The van der Waals surface area contributed by atoms with Gasteiger partial charge in [0.15, 0.2) is 0 Å². The zero-order valence-electron chi connectivity index (χ0n) is 8.43. The van der Waals surface area contributed by atoms with Gasteiger partial charge in [-0.2, -0.15) is 0 Å². The summed E-state index contributed by atoms with van der Waals surface area (Å²) in [5.41, 5.74) is 2.04. The number of allylic oxidation sites excluding steroid dienone is 1. The lowest BCUT2D eigenvalue weighted by atomic mass is 9.79. The first-order chi connectivity index (χ1) is 6.18. The summed E-state index contributed by atoms with van der Waals surface area (Å²) in [7, 11) is 0. The molecule has 0 aromatic heterocycles. The summed E-state index contributed by atoms with van der Waals surface area (Å²) in [5.74, 6) is 10.3. The maximum absolute atomic E-state index is 4.06. The molecule has 0 radical (unpaired) electrons. The number of rotatable bonds is 2. The van der Waals surface area contributed by atoms with Crippen LogP contribution in [0.5, 0.6) is 0 Å². The first-order valence-corrected chi connectivity index (χ1v) is 5.29. The molecule has 3 unspecified atom stereocenters. The van der Waals surface area contributed by atoms with E-state index in [1.807, 2.05) is 0 Å². The molecule has 68 valence electrons. The second-order valence-corrected chi connectivity index (χ2v) is 5.20. The average molecular weight is 172 g/mol. The van der Waals surface area contributed by atoms with Crippen LogP contribution in [-0.4, -0.2) is 0 Å². The first-order valence-electron chi connectivity index (χ1n) is 5.29. The Bertz CT molecular complexity index is 317. The van der Waals surface area contributed by atoms with Crippen molar-refractivity contribution >= 4 is 0 Å². The van der Waals surface area contributed by atoms with Crippen LogP contribution in [0.4, 0.5) is 0 Å². The Hall–Kier alpha value is -0.700. The van der Waals surface area contributed by atoms with E-state index in [-0.39, 0.29) is 0 Å². The Kier molecular flexibility index (Phi) is 1.20. The highest BCUT2D eigenvalue weighted by atomic mass is 14.9. The van der Waals surface area contributed by atoms with Crippen LogP contribution in [0.2, 0.25) is 0 Å². The summed E-state index contributed by atoms with van der Waals surface area (Å²) in [6.07, 6.45) is 2.39. The van der Waals surface area contributed by atoms with Gasteiger partial charge in [0.05, 0.1) is 0 Å². The van der Waals surface area contributed by atoms with Gasteiger partial charge in [0.25, 0.3) is 0 Å². The van der Waals surface area contributed by atoms with Crippen LogP contribution in [0.15, 0.2) is 12.2 Å². The minimum Gasteiger partial charge on any atom is -0.103 e. The van der Waals surface area contributed by atoms with Gasteiger partial charge in [-0.1, -0.05) is 19.1 Å². The first kappa shape index (κ1) is 7.68. The molecule has 2 fully saturated rings. The minimum atomic E-state index is 0.675. The molecule has 2 saturated carbocycles. The third kappa shape index (κ3) is 0.742. The second kappa shape index (κ2) is 2.03. The lowest BCUT2D eigenvalue weighted by molar-refractivity contribution is 0.276. The molecule has 0 nitrogen and oxygen atoms in total. The molecule has 0 saturated heterocycles. The largest absolute Gasteiger partial charge is 0.103 e. The third-order valence-corrected chi connectivity index (χ3v) is 4.61. The van der Waals surface area contributed by atoms with Crippen LogP contribution in [0.25, 0.3) is 0 Å². The molecule has 13 heavy (non-hydrogen) atoms. The molecule has 0 N–H and O–H groups in total. The van der Waals surface area contributed by atoms with E-state index in [4.69, 9.17) is 0 Å². The fourth-order valence-corrected chi connectivity index (χ4v) is 3.48. The van der Waals surface area contributed by atoms with Crippen LogP contribution in [0.1, 0.15) is 26.7 Å². The maximum atomic E-state index is 4.06. The minimum absolute atomic E-state index is 0.675. The quantitative estimate of drug-likeness (QED) is 0.444. The van der Waals surface area contributed by atoms with Crippen LogP contribution in [0.3, 0.4) is 0 Å². The van der Waals surface area contributed by atoms with E-state index in [2.05, 4.69) is 32.3 Å². The topological polar surface area (TPSA) is 0 Å². The van der Waals surface area contributed by atoms with Gasteiger partial charge < -0.3 is 0 Å². The molecule has 3 rings (SSSR count). The van der Waals surface area contributed by atoms with E-state index in [1.165, 1.54) is 18.4 Å². The zero-order chi connectivity index (χ0) is 9.22. The Morgan fingerprint density at radius 3 is 2.38 bits per heavy atom. The Morgan fingerprint density at radius 2 is 1.92 bits per heavy atom. The van der Waals surface area contributed by atoms with Gasteiger partial charge in [0, 0.05) is 12.8 Å². The van der Waals surface area contributed by atoms with Crippen LogP contribution < -0.4 is 0 Å². The molecule has 3 aliphatic carbocycles. The summed E-state index contributed by atoms with van der Waals surface area (Å²) in [4.78, 5) is 0. The average Bonchev–Trinajstić information content (AvgIpc) is 2.89. The molecule has 0 aromatic carbocycles. The fraction of sp³-hybridized carbons (Fsp3) is 0.692. The smallest absolute Gasteiger partial charge is 0.0160 e. The molecule has 3 atom stereocenters. The van der Waals surface area contributed by atoms with E-state index in [0.717, 1.165) is 23.7 Å². The third-order valence-electron chi connectivity index (χ3n) is 4.61. The Balaban J connectivity index is 1.65. The zero-order valence-corrected chi connectivity index (χ0v) is 8.43. The highest BCUT2D eigenvalue weighted by Gasteiger charge is 2.83. The summed E-state index contributed by atoms with van der Waals surface area (Å²) < 4.78 is 0. The summed E-state index contributed by atoms with van der Waals surface area (Å²) in [6, 6.07) is 0. The molecule has 1 spiro atoms. The molecule has 0 heterocycles. The molecule has 0 aromatic rings. The van der Waals surface area contributed by atoms with Gasteiger partial charge in [-0.25, -0.2) is 0 Å². The van der Waals surface area contributed by atoms with E-state index in [9.17, 15) is 0 Å². The van der Waals surface area contributed by atoms with Crippen LogP contribution in [0, 0.1) is 40.9 Å². The number of hydrogen-bond donors (Lipinski definition) is 0. The summed E-state index contributed by atoms with van der Waals surface area (Å²) in [5, 5.41) is 0. The van der Waals surface area contributed by atoms with Crippen molar-refractivity contribution in [2.24, 2.45) is 29.1 Å². The lowest BCUT2D eigenvalue weighted by Gasteiger charge is -2.24. The second-order valence-electron chi connectivity index (χ2n) is 5.20.